The predicted octanol–water partition coefficient (Wildman–Crippen LogP) is 4.35. The Balaban J connectivity index is 1.85. The normalized spacial score (nSPS) is 11.3. The molecule has 1 N–H and O–H groups in total. The van der Waals surface area contributed by atoms with Crippen LogP contribution in [-0.2, 0) is 0 Å². The fourth-order valence-electron chi connectivity index (χ4n) is 1.89. The second kappa shape index (κ2) is 5.42. The number of hydrogen-bond acceptors (Lipinski definition) is 3. The first kappa shape index (κ1) is 13.4. The molecule has 2 aromatic carbocycles. The molecule has 0 saturated carbocycles. The zero-order valence-electron chi connectivity index (χ0n) is 10.8. The van der Waals surface area contributed by atoms with Gasteiger partial charge in [0.05, 0.1) is 5.56 Å². The van der Waals surface area contributed by atoms with E-state index in [1.807, 2.05) is 0 Å². The number of rotatable bonds is 3. The van der Waals surface area contributed by atoms with Crippen LogP contribution in [0.2, 0.25) is 5.02 Å². The van der Waals surface area contributed by atoms with Gasteiger partial charge in [0, 0.05) is 11.1 Å². The van der Waals surface area contributed by atoms with Crippen LogP contribution in [0.1, 0.15) is 21.8 Å². The number of aromatic nitrogens is 1. The molecule has 1 aromatic heterocycles. The molecule has 0 amide bonds. The number of hydrogen-bond donors (Lipinski definition) is 1. The summed E-state index contributed by atoms with van der Waals surface area (Å²) in [6.07, 6.45) is 3.53. The summed E-state index contributed by atoms with van der Waals surface area (Å²) in [5.74, 6) is -0.476. The fraction of sp³-hybridized carbons (Fsp3) is 0. The van der Waals surface area contributed by atoms with E-state index >= 15 is 0 Å². The Labute approximate surface area is 125 Å². The first-order valence-corrected chi connectivity index (χ1v) is 6.57. The molecule has 0 atom stereocenters. The molecule has 1 heterocycles. The number of carboxylic acids is 1. The van der Waals surface area contributed by atoms with Crippen molar-refractivity contribution in [2.24, 2.45) is 0 Å². The van der Waals surface area contributed by atoms with E-state index in [0.29, 0.717) is 22.0 Å². The molecular weight excluding hydrogens is 290 g/mol. The molecule has 5 heteroatoms. The molecule has 0 spiro atoms. The Bertz CT molecular complexity index is 834. The van der Waals surface area contributed by atoms with Gasteiger partial charge in [-0.15, -0.1) is 0 Å². The molecule has 0 fully saturated rings. The third kappa shape index (κ3) is 2.95. The fourth-order valence-corrected chi connectivity index (χ4v) is 2.06. The molecule has 0 aliphatic rings. The van der Waals surface area contributed by atoms with Crippen molar-refractivity contribution >= 4 is 40.8 Å². The van der Waals surface area contributed by atoms with Gasteiger partial charge < -0.3 is 9.52 Å². The van der Waals surface area contributed by atoms with Crippen LogP contribution in [0.25, 0.3) is 23.3 Å². The number of carbonyl (C=O) groups is 1. The summed E-state index contributed by atoms with van der Waals surface area (Å²) in [7, 11) is 0. The van der Waals surface area contributed by atoms with Crippen LogP contribution in [0, 0.1) is 0 Å². The minimum Gasteiger partial charge on any atom is -0.478 e. The number of benzene rings is 2. The van der Waals surface area contributed by atoms with Crippen molar-refractivity contribution in [1.82, 2.24) is 4.98 Å². The third-order valence-electron chi connectivity index (χ3n) is 2.94. The van der Waals surface area contributed by atoms with Gasteiger partial charge in [-0.1, -0.05) is 23.7 Å². The van der Waals surface area contributed by atoms with E-state index in [-0.39, 0.29) is 5.56 Å². The number of aromatic carboxylic acids is 1. The molecule has 3 rings (SSSR count). The van der Waals surface area contributed by atoms with Crippen LogP contribution in [0.5, 0.6) is 0 Å². The van der Waals surface area contributed by atoms with Gasteiger partial charge in [-0.2, -0.15) is 0 Å². The highest BCUT2D eigenvalue weighted by molar-refractivity contribution is 6.31. The van der Waals surface area contributed by atoms with E-state index in [1.165, 1.54) is 0 Å². The maximum absolute atomic E-state index is 10.8. The standard InChI is InChI=1S/C16H10ClNO3/c17-12-6-7-14-13(9-12)18-15(21-14)8-3-10-1-4-11(5-2-10)16(19)20/h1-9H,(H,19,20)/b8-3+. The lowest BCUT2D eigenvalue weighted by Crippen LogP contribution is -1.94. The van der Waals surface area contributed by atoms with Crippen molar-refractivity contribution in [2.75, 3.05) is 0 Å². The van der Waals surface area contributed by atoms with Gasteiger partial charge in [-0.25, -0.2) is 9.78 Å². The van der Waals surface area contributed by atoms with Gasteiger partial charge in [-0.3, -0.25) is 0 Å². The summed E-state index contributed by atoms with van der Waals surface area (Å²) < 4.78 is 5.56. The smallest absolute Gasteiger partial charge is 0.335 e. The van der Waals surface area contributed by atoms with Crippen molar-refractivity contribution in [3.05, 3.63) is 64.5 Å². The summed E-state index contributed by atoms with van der Waals surface area (Å²) >= 11 is 5.89. The van der Waals surface area contributed by atoms with Crippen LogP contribution in [0.4, 0.5) is 0 Å². The summed E-state index contributed by atoms with van der Waals surface area (Å²) in [6.45, 7) is 0. The molecule has 104 valence electrons. The highest BCUT2D eigenvalue weighted by Crippen LogP contribution is 2.21. The Hall–Kier alpha value is -2.59. The quantitative estimate of drug-likeness (QED) is 0.781. The van der Waals surface area contributed by atoms with Crippen LogP contribution >= 0.6 is 11.6 Å². The van der Waals surface area contributed by atoms with E-state index in [4.69, 9.17) is 21.1 Å². The zero-order valence-corrected chi connectivity index (χ0v) is 11.5. The molecule has 21 heavy (non-hydrogen) atoms. The third-order valence-corrected chi connectivity index (χ3v) is 3.18. The number of nitrogens with zero attached hydrogens (tertiary/aromatic N) is 1. The predicted molar refractivity (Wildman–Crippen MR) is 81.3 cm³/mol. The minimum atomic E-state index is -0.943. The van der Waals surface area contributed by atoms with E-state index in [0.717, 1.165) is 5.56 Å². The molecule has 0 radical (unpaired) electrons. The summed E-state index contributed by atoms with van der Waals surface area (Å²) in [5, 5.41) is 9.44. The summed E-state index contributed by atoms with van der Waals surface area (Å²) in [4.78, 5) is 15.1. The van der Waals surface area contributed by atoms with E-state index in [1.54, 1.807) is 54.6 Å². The Morgan fingerprint density at radius 2 is 1.90 bits per heavy atom. The lowest BCUT2D eigenvalue weighted by molar-refractivity contribution is 0.0697. The van der Waals surface area contributed by atoms with Gasteiger partial charge in [0.15, 0.2) is 5.58 Å². The summed E-state index contributed by atoms with van der Waals surface area (Å²) in [5.41, 5.74) is 2.48. The SMILES string of the molecule is O=C(O)c1ccc(/C=C/c2nc3cc(Cl)ccc3o2)cc1. The maximum Gasteiger partial charge on any atom is 0.335 e. The second-order valence-electron chi connectivity index (χ2n) is 4.42. The van der Waals surface area contributed by atoms with Gasteiger partial charge in [0.2, 0.25) is 5.89 Å². The van der Waals surface area contributed by atoms with Gasteiger partial charge in [-0.05, 0) is 42.0 Å². The molecule has 0 aliphatic carbocycles. The van der Waals surface area contributed by atoms with Crippen molar-refractivity contribution in [3.63, 3.8) is 0 Å². The Kier molecular flexibility index (Phi) is 3.46. The second-order valence-corrected chi connectivity index (χ2v) is 4.86. The largest absolute Gasteiger partial charge is 0.478 e. The lowest BCUT2D eigenvalue weighted by atomic mass is 10.1. The van der Waals surface area contributed by atoms with Gasteiger partial charge >= 0.3 is 5.97 Å². The van der Waals surface area contributed by atoms with E-state index < -0.39 is 5.97 Å². The molecular formula is C16H10ClNO3. The highest BCUT2D eigenvalue weighted by Gasteiger charge is 2.04. The topological polar surface area (TPSA) is 63.3 Å². The van der Waals surface area contributed by atoms with E-state index in [9.17, 15) is 4.79 Å². The Morgan fingerprint density at radius 1 is 1.14 bits per heavy atom. The Morgan fingerprint density at radius 3 is 2.62 bits per heavy atom. The average molecular weight is 300 g/mol. The van der Waals surface area contributed by atoms with Crippen LogP contribution in [-0.4, -0.2) is 16.1 Å². The van der Waals surface area contributed by atoms with Crippen LogP contribution in [0.15, 0.2) is 46.9 Å². The zero-order chi connectivity index (χ0) is 14.8. The number of fused-ring (bicyclic) bond motifs is 1. The molecule has 0 unspecified atom stereocenters. The number of carboxylic acid groups (broad SMARTS) is 1. The highest BCUT2D eigenvalue weighted by atomic mass is 35.5. The molecule has 3 aromatic rings. The average Bonchev–Trinajstić information content (AvgIpc) is 2.87. The first-order valence-electron chi connectivity index (χ1n) is 6.19. The number of halogens is 1. The molecule has 0 bridgehead atoms. The van der Waals surface area contributed by atoms with Crippen molar-refractivity contribution < 1.29 is 14.3 Å². The van der Waals surface area contributed by atoms with Crippen molar-refractivity contribution in [3.8, 4) is 0 Å². The van der Waals surface area contributed by atoms with Crippen molar-refractivity contribution in [2.45, 2.75) is 0 Å². The number of oxazole rings is 1. The van der Waals surface area contributed by atoms with Crippen LogP contribution < -0.4 is 0 Å². The molecule has 0 saturated heterocycles. The van der Waals surface area contributed by atoms with Crippen molar-refractivity contribution in [1.29, 1.82) is 0 Å². The lowest BCUT2D eigenvalue weighted by Gasteiger charge is -1.95. The van der Waals surface area contributed by atoms with Gasteiger partial charge in [0.1, 0.15) is 5.52 Å². The minimum absolute atomic E-state index is 0.253. The van der Waals surface area contributed by atoms with Crippen LogP contribution in [0.3, 0.4) is 0 Å². The summed E-state index contributed by atoms with van der Waals surface area (Å²) in [6, 6.07) is 11.8. The molecule has 0 aliphatic heterocycles. The van der Waals surface area contributed by atoms with E-state index in [2.05, 4.69) is 4.98 Å². The first-order chi connectivity index (χ1) is 10.1. The molecule has 4 nitrogen and oxygen atoms in total. The maximum atomic E-state index is 10.8. The monoisotopic (exact) mass is 299 g/mol. The van der Waals surface area contributed by atoms with Gasteiger partial charge in [0.25, 0.3) is 0 Å².